The van der Waals surface area contributed by atoms with Crippen LogP contribution in [-0.4, -0.2) is 28.8 Å². The third-order valence-electron chi connectivity index (χ3n) is 5.86. The molecule has 1 saturated carbocycles. The first-order chi connectivity index (χ1) is 14.5. The van der Waals surface area contributed by atoms with Gasteiger partial charge in [0.1, 0.15) is 6.04 Å². The van der Waals surface area contributed by atoms with Crippen molar-refractivity contribution in [2.45, 2.75) is 70.5 Å². The van der Waals surface area contributed by atoms with Crippen molar-refractivity contribution in [2.75, 3.05) is 0 Å². The molecule has 2 aromatic carbocycles. The highest BCUT2D eigenvalue weighted by molar-refractivity contribution is 9.10. The van der Waals surface area contributed by atoms with E-state index in [2.05, 4.69) is 21.2 Å². The molecular weight excluding hydrogens is 440 g/mol. The number of hydrogen-bond donors (Lipinski definition) is 1. The minimum absolute atomic E-state index is 0.00747. The molecule has 0 aromatic heterocycles. The predicted octanol–water partition coefficient (Wildman–Crippen LogP) is 5.25. The maximum atomic E-state index is 13.2. The maximum Gasteiger partial charge on any atom is 0.242 e. The number of carbonyl (C=O) groups is 2. The Kier molecular flexibility index (Phi) is 8.50. The lowest BCUT2D eigenvalue weighted by Gasteiger charge is -2.31. The van der Waals surface area contributed by atoms with E-state index in [1.165, 1.54) is 6.42 Å². The Morgan fingerprint density at radius 3 is 2.33 bits per heavy atom. The fourth-order valence-corrected chi connectivity index (χ4v) is 4.24. The molecule has 4 nitrogen and oxygen atoms in total. The van der Waals surface area contributed by atoms with E-state index < -0.39 is 6.04 Å². The molecule has 1 aliphatic rings. The first-order valence-corrected chi connectivity index (χ1v) is 11.7. The maximum absolute atomic E-state index is 13.2. The number of rotatable bonds is 8. The van der Waals surface area contributed by atoms with Crippen LogP contribution in [0.1, 0.15) is 56.6 Å². The highest BCUT2D eigenvalue weighted by Gasteiger charge is 2.27. The van der Waals surface area contributed by atoms with Gasteiger partial charge in [-0.3, -0.25) is 9.59 Å². The Labute approximate surface area is 188 Å². The summed E-state index contributed by atoms with van der Waals surface area (Å²) < 4.78 is 0.997. The lowest BCUT2D eigenvalue weighted by Crippen LogP contribution is -2.50. The summed E-state index contributed by atoms with van der Waals surface area (Å²) in [6.45, 7) is 2.28. The SMILES string of the molecule is C[C@@H](C(=O)NC1CCCCC1)N(Cc1ccc(Br)cc1)C(=O)CCc1ccccc1. The monoisotopic (exact) mass is 470 g/mol. The van der Waals surface area contributed by atoms with Gasteiger partial charge >= 0.3 is 0 Å². The third-order valence-corrected chi connectivity index (χ3v) is 6.38. The van der Waals surface area contributed by atoms with Gasteiger partial charge in [0.25, 0.3) is 0 Å². The van der Waals surface area contributed by atoms with Gasteiger partial charge in [0.2, 0.25) is 11.8 Å². The number of nitrogens with one attached hydrogen (secondary N) is 1. The molecule has 1 atom stereocenters. The Bertz CT molecular complexity index is 817. The molecule has 0 aliphatic heterocycles. The van der Waals surface area contributed by atoms with Gasteiger partial charge in [0.05, 0.1) is 0 Å². The van der Waals surface area contributed by atoms with E-state index in [4.69, 9.17) is 0 Å². The van der Waals surface area contributed by atoms with E-state index in [0.717, 1.165) is 41.3 Å². The van der Waals surface area contributed by atoms with Crippen LogP contribution in [0, 0.1) is 0 Å². The fraction of sp³-hybridized carbons (Fsp3) is 0.440. The second-order valence-electron chi connectivity index (χ2n) is 8.15. The largest absolute Gasteiger partial charge is 0.352 e. The van der Waals surface area contributed by atoms with Crippen molar-refractivity contribution < 1.29 is 9.59 Å². The molecule has 2 amide bonds. The van der Waals surface area contributed by atoms with Crippen LogP contribution in [0.2, 0.25) is 0 Å². The number of aryl methyl sites for hydroxylation is 1. The minimum atomic E-state index is -0.501. The van der Waals surface area contributed by atoms with Gasteiger partial charge in [0, 0.05) is 23.5 Å². The van der Waals surface area contributed by atoms with Crippen molar-refractivity contribution in [3.8, 4) is 0 Å². The van der Waals surface area contributed by atoms with E-state index in [1.54, 1.807) is 4.90 Å². The van der Waals surface area contributed by atoms with Crippen LogP contribution in [0.3, 0.4) is 0 Å². The lowest BCUT2D eigenvalue weighted by molar-refractivity contribution is -0.141. The van der Waals surface area contributed by atoms with Crippen molar-refractivity contribution in [3.05, 3.63) is 70.2 Å². The van der Waals surface area contributed by atoms with Crippen LogP contribution >= 0.6 is 15.9 Å². The smallest absolute Gasteiger partial charge is 0.242 e. The second kappa shape index (κ2) is 11.3. The number of amides is 2. The third kappa shape index (κ3) is 6.69. The zero-order valence-corrected chi connectivity index (χ0v) is 19.2. The molecular formula is C25H31BrN2O2. The van der Waals surface area contributed by atoms with Crippen molar-refractivity contribution in [2.24, 2.45) is 0 Å². The molecule has 1 aliphatic carbocycles. The van der Waals surface area contributed by atoms with E-state index >= 15 is 0 Å². The summed E-state index contributed by atoms with van der Waals surface area (Å²) in [7, 11) is 0. The normalized spacial score (nSPS) is 15.4. The van der Waals surface area contributed by atoms with E-state index in [1.807, 2.05) is 61.5 Å². The Morgan fingerprint density at radius 1 is 1.00 bits per heavy atom. The Morgan fingerprint density at radius 2 is 1.67 bits per heavy atom. The number of halogens is 1. The highest BCUT2D eigenvalue weighted by Crippen LogP contribution is 2.19. The molecule has 0 radical (unpaired) electrons. The van der Waals surface area contributed by atoms with Crippen LogP contribution in [0.4, 0.5) is 0 Å². The molecule has 0 heterocycles. The van der Waals surface area contributed by atoms with Crippen LogP contribution in [0.25, 0.3) is 0 Å². The van der Waals surface area contributed by atoms with Crippen molar-refractivity contribution in [1.82, 2.24) is 10.2 Å². The summed E-state index contributed by atoms with van der Waals surface area (Å²) in [6, 6.07) is 17.7. The fourth-order valence-electron chi connectivity index (χ4n) is 3.98. The molecule has 30 heavy (non-hydrogen) atoms. The second-order valence-corrected chi connectivity index (χ2v) is 9.07. The molecule has 160 valence electrons. The molecule has 1 N–H and O–H groups in total. The van der Waals surface area contributed by atoms with Crippen LogP contribution in [-0.2, 0) is 22.6 Å². The van der Waals surface area contributed by atoms with Crippen LogP contribution in [0.15, 0.2) is 59.1 Å². The summed E-state index contributed by atoms with van der Waals surface area (Å²) in [6.07, 6.45) is 6.71. The van der Waals surface area contributed by atoms with Gasteiger partial charge < -0.3 is 10.2 Å². The first kappa shape index (κ1) is 22.5. The van der Waals surface area contributed by atoms with Gasteiger partial charge in [0.15, 0.2) is 0 Å². The number of nitrogens with zero attached hydrogens (tertiary/aromatic N) is 1. The molecule has 0 unspecified atom stereocenters. The summed E-state index contributed by atoms with van der Waals surface area (Å²) >= 11 is 3.45. The zero-order chi connectivity index (χ0) is 21.3. The molecule has 1 fully saturated rings. The molecule has 0 bridgehead atoms. The lowest BCUT2D eigenvalue weighted by atomic mass is 9.95. The molecule has 0 spiro atoms. The average Bonchev–Trinajstić information content (AvgIpc) is 2.78. The summed E-state index contributed by atoms with van der Waals surface area (Å²) in [5.41, 5.74) is 2.15. The molecule has 3 rings (SSSR count). The highest BCUT2D eigenvalue weighted by atomic mass is 79.9. The topological polar surface area (TPSA) is 49.4 Å². The molecule has 0 saturated heterocycles. The van der Waals surface area contributed by atoms with Gasteiger partial charge in [-0.2, -0.15) is 0 Å². The molecule has 2 aromatic rings. The summed E-state index contributed by atoms with van der Waals surface area (Å²) in [5.74, 6) is -0.0415. The van der Waals surface area contributed by atoms with Gasteiger partial charge in [-0.05, 0) is 49.4 Å². The number of hydrogen-bond acceptors (Lipinski definition) is 2. The summed E-state index contributed by atoms with van der Waals surface area (Å²) in [5, 5.41) is 3.18. The van der Waals surface area contributed by atoms with Crippen molar-refractivity contribution in [3.63, 3.8) is 0 Å². The predicted molar refractivity (Wildman–Crippen MR) is 124 cm³/mol. The summed E-state index contributed by atoms with van der Waals surface area (Å²) in [4.78, 5) is 27.9. The van der Waals surface area contributed by atoms with E-state index in [-0.39, 0.29) is 17.9 Å². The Balaban J connectivity index is 1.68. The van der Waals surface area contributed by atoms with E-state index in [9.17, 15) is 9.59 Å². The number of carbonyl (C=O) groups excluding carboxylic acids is 2. The quantitative estimate of drug-likeness (QED) is 0.572. The van der Waals surface area contributed by atoms with Crippen LogP contribution in [0.5, 0.6) is 0 Å². The van der Waals surface area contributed by atoms with Crippen molar-refractivity contribution in [1.29, 1.82) is 0 Å². The van der Waals surface area contributed by atoms with Gasteiger partial charge in [-0.1, -0.05) is 77.7 Å². The average molecular weight is 471 g/mol. The standard InChI is InChI=1S/C25H31BrN2O2/c1-19(25(30)27-23-10-6-3-7-11-23)28(18-21-12-15-22(26)16-13-21)24(29)17-14-20-8-4-2-5-9-20/h2,4-5,8-9,12-13,15-16,19,23H,3,6-7,10-11,14,17-18H2,1H3,(H,27,30)/t19-/m0/s1. The zero-order valence-electron chi connectivity index (χ0n) is 17.6. The number of benzene rings is 2. The van der Waals surface area contributed by atoms with Crippen LogP contribution < -0.4 is 5.32 Å². The van der Waals surface area contributed by atoms with Crippen molar-refractivity contribution >= 4 is 27.7 Å². The minimum Gasteiger partial charge on any atom is -0.352 e. The van der Waals surface area contributed by atoms with E-state index in [0.29, 0.717) is 19.4 Å². The molecule has 5 heteroatoms. The Hall–Kier alpha value is -2.14. The van der Waals surface area contributed by atoms with Gasteiger partial charge in [-0.25, -0.2) is 0 Å². The first-order valence-electron chi connectivity index (χ1n) is 10.9. The van der Waals surface area contributed by atoms with Gasteiger partial charge in [-0.15, -0.1) is 0 Å².